The molecule has 0 spiro atoms. The molecule has 8 heteroatoms. The fraction of sp³-hybridized carbons (Fsp3) is 0.190. The van der Waals surface area contributed by atoms with Crippen LogP contribution in [0.4, 0.5) is 11.4 Å². The Morgan fingerprint density at radius 1 is 1.00 bits per heavy atom. The van der Waals surface area contributed by atoms with E-state index >= 15 is 0 Å². The summed E-state index contributed by atoms with van der Waals surface area (Å²) in [6.07, 6.45) is 0. The first-order valence-electron chi connectivity index (χ1n) is 9.16. The predicted octanol–water partition coefficient (Wildman–Crippen LogP) is 4.47. The van der Waals surface area contributed by atoms with E-state index in [0.29, 0.717) is 24.4 Å². The van der Waals surface area contributed by atoms with Crippen molar-refractivity contribution in [3.8, 4) is 11.3 Å². The minimum absolute atomic E-state index is 0.0992. The highest BCUT2D eigenvalue weighted by Crippen LogP contribution is 2.32. The minimum atomic E-state index is -0.512. The number of benzene rings is 2. The monoisotopic (exact) mass is 411 g/mol. The smallest absolute Gasteiger partial charge is 0.289 e. The van der Waals surface area contributed by atoms with Gasteiger partial charge in [-0.25, -0.2) is 0 Å². The molecule has 7 nitrogen and oxygen atoms in total. The highest BCUT2D eigenvalue weighted by molar-refractivity contribution is 6.33. The number of para-hydroxylation sites is 1. The number of hydrogen-bond donors (Lipinski definition) is 0. The van der Waals surface area contributed by atoms with Gasteiger partial charge in [0.15, 0.2) is 5.76 Å². The number of carbonyl (C=O) groups is 1. The largest absolute Gasteiger partial charge is 0.451 e. The molecule has 1 aromatic heterocycles. The van der Waals surface area contributed by atoms with Crippen LogP contribution in [0.5, 0.6) is 0 Å². The number of rotatable bonds is 4. The Morgan fingerprint density at radius 3 is 2.38 bits per heavy atom. The van der Waals surface area contributed by atoms with Crippen molar-refractivity contribution in [3.63, 3.8) is 0 Å². The van der Waals surface area contributed by atoms with Crippen molar-refractivity contribution >= 4 is 28.9 Å². The molecule has 1 aliphatic rings. The van der Waals surface area contributed by atoms with Gasteiger partial charge in [-0.15, -0.1) is 0 Å². The SMILES string of the molecule is O=C(c1ccc(-c2ccc([N+](=O)[O-])cc2Cl)o1)N1CCN(c2ccccc2)CC1. The lowest BCUT2D eigenvalue weighted by Gasteiger charge is -2.35. The molecule has 0 radical (unpaired) electrons. The maximum absolute atomic E-state index is 12.8. The number of nitrogens with zero attached hydrogens (tertiary/aromatic N) is 3. The Kier molecular flexibility index (Phi) is 5.22. The standard InChI is InChI=1S/C21H18ClN3O4/c22-18-14-16(25(27)28)6-7-17(18)19-8-9-20(29-19)21(26)24-12-10-23(11-13-24)15-4-2-1-3-5-15/h1-9,14H,10-13H2. The number of nitro groups is 1. The lowest BCUT2D eigenvalue weighted by molar-refractivity contribution is -0.384. The molecule has 1 aliphatic heterocycles. The van der Waals surface area contributed by atoms with Crippen LogP contribution in [0, 0.1) is 10.1 Å². The Morgan fingerprint density at radius 2 is 1.72 bits per heavy atom. The number of amides is 1. The molecular formula is C21H18ClN3O4. The van der Waals surface area contributed by atoms with Crippen LogP contribution in [0.2, 0.25) is 5.02 Å². The Bertz CT molecular complexity index is 1040. The van der Waals surface area contributed by atoms with E-state index in [4.69, 9.17) is 16.0 Å². The predicted molar refractivity (Wildman–Crippen MR) is 110 cm³/mol. The highest BCUT2D eigenvalue weighted by atomic mass is 35.5. The summed E-state index contributed by atoms with van der Waals surface area (Å²) in [4.78, 5) is 27.2. The summed E-state index contributed by atoms with van der Waals surface area (Å²) in [5.41, 5.74) is 1.55. The first kappa shape index (κ1) is 19.0. The molecule has 0 N–H and O–H groups in total. The third kappa shape index (κ3) is 3.95. The zero-order valence-corrected chi connectivity index (χ0v) is 16.2. The van der Waals surface area contributed by atoms with Gasteiger partial charge in [0, 0.05) is 49.6 Å². The first-order chi connectivity index (χ1) is 14.0. The molecule has 0 unspecified atom stereocenters. The molecule has 0 bridgehead atoms. The van der Waals surface area contributed by atoms with Crippen LogP contribution in [-0.2, 0) is 0 Å². The van der Waals surface area contributed by atoms with Crippen molar-refractivity contribution in [1.29, 1.82) is 0 Å². The van der Waals surface area contributed by atoms with Crippen LogP contribution in [0.3, 0.4) is 0 Å². The third-order valence-corrected chi connectivity index (χ3v) is 5.25. The molecule has 0 saturated carbocycles. The van der Waals surface area contributed by atoms with Crippen molar-refractivity contribution in [2.75, 3.05) is 31.1 Å². The van der Waals surface area contributed by atoms with Crippen molar-refractivity contribution in [3.05, 3.63) is 81.6 Å². The zero-order valence-electron chi connectivity index (χ0n) is 15.5. The second-order valence-corrected chi connectivity index (χ2v) is 7.11. The third-order valence-electron chi connectivity index (χ3n) is 4.93. The van der Waals surface area contributed by atoms with Crippen LogP contribution < -0.4 is 4.90 Å². The van der Waals surface area contributed by atoms with E-state index in [9.17, 15) is 14.9 Å². The van der Waals surface area contributed by atoms with Crippen LogP contribution in [0.1, 0.15) is 10.6 Å². The molecule has 2 heterocycles. The van der Waals surface area contributed by atoms with Crippen molar-refractivity contribution < 1.29 is 14.1 Å². The molecule has 1 saturated heterocycles. The summed E-state index contributed by atoms with van der Waals surface area (Å²) in [5, 5.41) is 11.1. The van der Waals surface area contributed by atoms with E-state index in [1.807, 2.05) is 18.2 Å². The molecule has 4 rings (SSSR count). The number of carbonyl (C=O) groups excluding carboxylic acids is 1. The van der Waals surface area contributed by atoms with Crippen molar-refractivity contribution in [2.45, 2.75) is 0 Å². The molecule has 3 aromatic rings. The Labute approximate surface area is 172 Å². The number of anilines is 1. The molecule has 0 aliphatic carbocycles. The number of halogens is 1. The van der Waals surface area contributed by atoms with Crippen LogP contribution in [0.15, 0.2) is 65.1 Å². The van der Waals surface area contributed by atoms with E-state index in [2.05, 4.69) is 17.0 Å². The number of furan rings is 1. The Hall–Kier alpha value is -3.32. The average Bonchev–Trinajstić information content (AvgIpc) is 3.24. The number of nitro benzene ring substituents is 1. The van der Waals surface area contributed by atoms with Crippen molar-refractivity contribution in [2.24, 2.45) is 0 Å². The quantitative estimate of drug-likeness (QED) is 0.467. The summed E-state index contributed by atoms with van der Waals surface area (Å²) < 4.78 is 5.72. The first-order valence-corrected chi connectivity index (χ1v) is 9.54. The number of non-ortho nitro benzene ring substituents is 1. The molecule has 2 aromatic carbocycles. The van der Waals surface area contributed by atoms with Gasteiger partial charge in [-0.1, -0.05) is 29.8 Å². The molecule has 1 amide bonds. The lowest BCUT2D eigenvalue weighted by atomic mass is 10.1. The molecule has 0 atom stereocenters. The topological polar surface area (TPSA) is 79.8 Å². The molecule has 29 heavy (non-hydrogen) atoms. The normalized spacial score (nSPS) is 14.1. The average molecular weight is 412 g/mol. The number of hydrogen-bond acceptors (Lipinski definition) is 5. The zero-order chi connectivity index (χ0) is 20.4. The van der Waals surface area contributed by atoms with E-state index < -0.39 is 4.92 Å². The van der Waals surface area contributed by atoms with Gasteiger partial charge in [-0.05, 0) is 30.3 Å². The van der Waals surface area contributed by atoms with E-state index in [1.165, 1.54) is 18.2 Å². The van der Waals surface area contributed by atoms with Crippen molar-refractivity contribution in [1.82, 2.24) is 4.90 Å². The number of piperazine rings is 1. The second kappa shape index (κ2) is 7.97. The van der Waals surface area contributed by atoms with Crippen LogP contribution in [-0.4, -0.2) is 41.9 Å². The van der Waals surface area contributed by atoms with Gasteiger partial charge in [-0.2, -0.15) is 0 Å². The summed E-state index contributed by atoms with van der Waals surface area (Å²) >= 11 is 6.15. The lowest BCUT2D eigenvalue weighted by Crippen LogP contribution is -2.48. The minimum Gasteiger partial charge on any atom is -0.451 e. The van der Waals surface area contributed by atoms with Gasteiger partial charge in [0.1, 0.15) is 5.76 Å². The summed E-state index contributed by atoms with van der Waals surface area (Å²) in [6.45, 7) is 2.69. The molecule has 1 fully saturated rings. The molecule has 148 valence electrons. The van der Waals surface area contributed by atoms with Crippen LogP contribution >= 0.6 is 11.6 Å². The van der Waals surface area contributed by atoms with Gasteiger partial charge in [-0.3, -0.25) is 14.9 Å². The van der Waals surface area contributed by atoms with E-state index in [1.54, 1.807) is 17.0 Å². The van der Waals surface area contributed by atoms with E-state index in [-0.39, 0.29) is 22.4 Å². The maximum Gasteiger partial charge on any atom is 0.289 e. The fourth-order valence-corrected chi connectivity index (χ4v) is 3.65. The second-order valence-electron chi connectivity index (χ2n) is 6.70. The fourth-order valence-electron chi connectivity index (χ4n) is 3.38. The van der Waals surface area contributed by atoms with Gasteiger partial charge < -0.3 is 14.2 Å². The van der Waals surface area contributed by atoms with Crippen LogP contribution in [0.25, 0.3) is 11.3 Å². The highest BCUT2D eigenvalue weighted by Gasteiger charge is 2.25. The van der Waals surface area contributed by atoms with Gasteiger partial charge in [0.25, 0.3) is 11.6 Å². The summed E-state index contributed by atoms with van der Waals surface area (Å²) in [5.74, 6) is 0.445. The summed E-state index contributed by atoms with van der Waals surface area (Å²) in [7, 11) is 0. The molecular weight excluding hydrogens is 394 g/mol. The van der Waals surface area contributed by atoms with Gasteiger partial charge in [0.05, 0.1) is 9.95 Å². The maximum atomic E-state index is 12.8. The van der Waals surface area contributed by atoms with E-state index in [0.717, 1.165) is 18.8 Å². The van der Waals surface area contributed by atoms with Gasteiger partial charge >= 0.3 is 0 Å². The Balaban J connectivity index is 1.45. The summed E-state index contributed by atoms with van der Waals surface area (Å²) in [6, 6.07) is 17.5. The van der Waals surface area contributed by atoms with Gasteiger partial charge in [0.2, 0.25) is 0 Å².